The molecule has 0 N–H and O–H groups in total. The highest BCUT2D eigenvalue weighted by molar-refractivity contribution is 4.89. The topological polar surface area (TPSA) is 71.4 Å². The maximum atomic E-state index is 8.83. The molecule has 116 valence electrons. The average molecular weight is 287 g/mol. The molecule has 0 aliphatic carbocycles. The minimum Gasteiger partial charge on any atom is -0.198 e. The Morgan fingerprint density at radius 1 is 0.571 bits per heavy atom. The zero-order valence-electron chi connectivity index (χ0n) is 13.3. The molecule has 3 heteroatoms. The summed E-state index contributed by atoms with van der Waals surface area (Å²) in [6.07, 6.45) is 15.6. The zero-order chi connectivity index (χ0) is 15.6. The Morgan fingerprint density at radius 3 is 1.48 bits per heavy atom. The first kappa shape index (κ1) is 19.5. The molecule has 0 heterocycles. The lowest BCUT2D eigenvalue weighted by Gasteiger charge is -2.04. The molecule has 0 aliphatic heterocycles. The molecule has 0 aromatic carbocycles. The monoisotopic (exact) mass is 287 g/mol. The highest BCUT2D eigenvalue weighted by Crippen LogP contribution is 2.15. The number of hydrogen-bond donors (Lipinski definition) is 0. The molecule has 0 amide bonds. The van der Waals surface area contributed by atoms with Gasteiger partial charge in [0, 0.05) is 6.42 Å². The van der Waals surface area contributed by atoms with Gasteiger partial charge in [0.1, 0.15) is 0 Å². The SMILES string of the molecule is N#CCCCCCCCCCCCCCC(C#N)CC#N. The van der Waals surface area contributed by atoms with Crippen LogP contribution < -0.4 is 0 Å². The Morgan fingerprint density at radius 2 is 1.05 bits per heavy atom. The molecule has 0 aliphatic rings. The summed E-state index contributed by atoms with van der Waals surface area (Å²) in [5.41, 5.74) is 0. The van der Waals surface area contributed by atoms with E-state index in [1.807, 2.05) is 0 Å². The normalized spacial score (nSPS) is 11.3. The van der Waals surface area contributed by atoms with Gasteiger partial charge in [0.05, 0.1) is 30.5 Å². The number of unbranched alkanes of at least 4 members (excludes halogenated alkanes) is 11. The molecule has 3 nitrogen and oxygen atoms in total. The first-order valence-electron chi connectivity index (χ1n) is 8.48. The molecular formula is C18H29N3. The summed E-state index contributed by atoms with van der Waals surface area (Å²) < 4.78 is 0. The van der Waals surface area contributed by atoms with Gasteiger partial charge >= 0.3 is 0 Å². The van der Waals surface area contributed by atoms with Crippen molar-refractivity contribution in [2.45, 2.75) is 89.9 Å². The van der Waals surface area contributed by atoms with E-state index in [2.05, 4.69) is 18.2 Å². The Hall–Kier alpha value is -1.53. The van der Waals surface area contributed by atoms with Crippen LogP contribution in [-0.4, -0.2) is 0 Å². The van der Waals surface area contributed by atoms with Crippen molar-refractivity contribution in [2.75, 3.05) is 0 Å². The van der Waals surface area contributed by atoms with E-state index >= 15 is 0 Å². The summed E-state index contributed by atoms with van der Waals surface area (Å²) in [6, 6.07) is 6.47. The van der Waals surface area contributed by atoms with Gasteiger partial charge in [0.2, 0.25) is 0 Å². The van der Waals surface area contributed by atoms with E-state index in [1.54, 1.807) is 0 Å². The van der Waals surface area contributed by atoms with Crippen molar-refractivity contribution in [2.24, 2.45) is 5.92 Å². The quantitative estimate of drug-likeness (QED) is 0.388. The first-order valence-corrected chi connectivity index (χ1v) is 8.48. The van der Waals surface area contributed by atoms with Gasteiger partial charge in [0.15, 0.2) is 0 Å². The molecule has 0 spiro atoms. The number of nitrogens with zero attached hydrogens (tertiary/aromatic N) is 3. The Labute approximate surface area is 130 Å². The molecule has 0 radical (unpaired) electrons. The van der Waals surface area contributed by atoms with Crippen LogP contribution in [0.2, 0.25) is 0 Å². The Kier molecular flexibility index (Phi) is 15.3. The predicted octanol–water partition coefficient (Wildman–Crippen LogP) is 5.63. The molecule has 0 saturated carbocycles. The van der Waals surface area contributed by atoms with Crippen LogP contribution in [0.15, 0.2) is 0 Å². The maximum Gasteiger partial charge on any atom is 0.0666 e. The molecule has 1 atom stereocenters. The third-order valence-electron chi connectivity index (χ3n) is 3.86. The van der Waals surface area contributed by atoms with Crippen molar-refractivity contribution in [3.63, 3.8) is 0 Å². The van der Waals surface area contributed by atoms with Crippen LogP contribution in [-0.2, 0) is 0 Å². The standard InChI is InChI=1S/C18H29N3/c19-15-12-10-8-6-4-2-1-3-5-7-9-11-13-18(17-21)14-16-20/h18H,1-14H2. The second-order valence-corrected chi connectivity index (χ2v) is 5.77. The molecule has 0 aromatic rings. The third kappa shape index (κ3) is 14.7. The molecule has 0 rings (SSSR count). The summed E-state index contributed by atoms with van der Waals surface area (Å²) in [5, 5.41) is 25.8. The smallest absolute Gasteiger partial charge is 0.0666 e. The van der Waals surface area contributed by atoms with Gasteiger partial charge in [-0.3, -0.25) is 0 Å². The highest BCUT2D eigenvalue weighted by Gasteiger charge is 2.05. The van der Waals surface area contributed by atoms with E-state index in [0.29, 0.717) is 12.8 Å². The van der Waals surface area contributed by atoms with Gasteiger partial charge in [-0.15, -0.1) is 0 Å². The minimum atomic E-state index is -0.0592. The molecule has 1 unspecified atom stereocenters. The number of nitriles is 3. The molecule has 0 saturated heterocycles. The second-order valence-electron chi connectivity index (χ2n) is 5.77. The Balaban J connectivity index is 3.15. The summed E-state index contributed by atoms with van der Waals surface area (Å²) in [5.74, 6) is -0.0592. The fourth-order valence-corrected chi connectivity index (χ4v) is 2.51. The summed E-state index contributed by atoms with van der Waals surface area (Å²) in [7, 11) is 0. The lowest BCUT2D eigenvalue weighted by atomic mass is 9.99. The van der Waals surface area contributed by atoms with E-state index < -0.39 is 0 Å². The molecule has 0 fully saturated rings. The van der Waals surface area contributed by atoms with E-state index in [0.717, 1.165) is 19.3 Å². The summed E-state index contributed by atoms with van der Waals surface area (Å²) >= 11 is 0. The van der Waals surface area contributed by atoms with Crippen molar-refractivity contribution in [3.05, 3.63) is 0 Å². The van der Waals surface area contributed by atoms with E-state index in [4.69, 9.17) is 15.8 Å². The van der Waals surface area contributed by atoms with Crippen LogP contribution in [0, 0.1) is 39.9 Å². The fourth-order valence-electron chi connectivity index (χ4n) is 2.51. The zero-order valence-corrected chi connectivity index (χ0v) is 13.3. The van der Waals surface area contributed by atoms with Crippen LogP contribution in [0.4, 0.5) is 0 Å². The van der Waals surface area contributed by atoms with Crippen molar-refractivity contribution in [3.8, 4) is 18.2 Å². The van der Waals surface area contributed by atoms with Crippen molar-refractivity contribution >= 4 is 0 Å². The van der Waals surface area contributed by atoms with Crippen molar-refractivity contribution in [1.82, 2.24) is 0 Å². The molecular weight excluding hydrogens is 258 g/mol. The second kappa shape index (κ2) is 16.5. The van der Waals surface area contributed by atoms with Crippen molar-refractivity contribution < 1.29 is 0 Å². The lowest BCUT2D eigenvalue weighted by Crippen LogP contribution is -1.95. The van der Waals surface area contributed by atoms with Crippen LogP contribution in [0.5, 0.6) is 0 Å². The van der Waals surface area contributed by atoms with Crippen LogP contribution in [0.1, 0.15) is 89.9 Å². The maximum absolute atomic E-state index is 8.83. The van der Waals surface area contributed by atoms with Crippen LogP contribution >= 0.6 is 0 Å². The van der Waals surface area contributed by atoms with Gasteiger partial charge < -0.3 is 0 Å². The first-order chi connectivity index (χ1) is 10.3. The van der Waals surface area contributed by atoms with Crippen LogP contribution in [0.3, 0.4) is 0 Å². The molecule has 0 bridgehead atoms. The predicted molar refractivity (Wildman–Crippen MR) is 85.0 cm³/mol. The molecule has 0 aromatic heterocycles. The fraction of sp³-hybridized carbons (Fsp3) is 0.833. The molecule has 21 heavy (non-hydrogen) atoms. The van der Waals surface area contributed by atoms with E-state index in [9.17, 15) is 0 Å². The van der Waals surface area contributed by atoms with Gasteiger partial charge in [-0.05, 0) is 12.8 Å². The summed E-state index contributed by atoms with van der Waals surface area (Å²) in [6.45, 7) is 0. The van der Waals surface area contributed by atoms with Gasteiger partial charge in [-0.2, -0.15) is 15.8 Å². The third-order valence-corrected chi connectivity index (χ3v) is 3.86. The minimum absolute atomic E-state index is 0.0592. The number of rotatable bonds is 14. The van der Waals surface area contributed by atoms with E-state index in [1.165, 1.54) is 57.8 Å². The van der Waals surface area contributed by atoms with Crippen LogP contribution in [0.25, 0.3) is 0 Å². The van der Waals surface area contributed by atoms with Gasteiger partial charge in [-0.1, -0.05) is 64.2 Å². The largest absolute Gasteiger partial charge is 0.198 e. The Bertz CT molecular complexity index is 343. The lowest BCUT2D eigenvalue weighted by molar-refractivity contribution is 0.516. The number of hydrogen-bond acceptors (Lipinski definition) is 3. The van der Waals surface area contributed by atoms with Gasteiger partial charge in [-0.25, -0.2) is 0 Å². The van der Waals surface area contributed by atoms with E-state index in [-0.39, 0.29) is 5.92 Å². The average Bonchev–Trinajstić information content (AvgIpc) is 2.50. The summed E-state index contributed by atoms with van der Waals surface area (Å²) in [4.78, 5) is 0. The highest BCUT2D eigenvalue weighted by atomic mass is 14.3. The van der Waals surface area contributed by atoms with Crippen molar-refractivity contribution in [1.29, 1.82) is 15.8 Å². The van der Waals surface area contributed by atoms with Gasteiger partial charge in [0.25, 0.3) is 0 Å².